The minimum Gasteiger partial charge on any atom is -0.478 e. The maximum atomic E-state index is 11.2. The van der Waals surface area contributed by atoms with E-state index in [1.54, 1.807) is 22.9 Å². The van der Waals surface area contributed by atoms with Crippen LogP contribution < -0.4 is 0 Å². The summed E-state index contributed by atoms with van der Waals surface area (Å²) in [6.07, 6.45) is 0. The zero-order chi connectivity index (χ0) is 13.2. The number of carboxylic acid groups (broad SMARTS) is 1. The summed E-state index contributed by atoms with van der Waals surface area (Å²) < 4.78 is 1.62. The van der Waals surface area contributed by atoms with Crippen LogP contribution in [0.25, 0.3) is 11.0 Å². The van der Waals surface area contributed by atoms with Crippen molar-refractivity contribution in [1.29, 1.82) is 0 Å². The van der Waals surface area contributed by atoms with Crippen molar-refractivity contribution in [1.82, 2.24) is 15.0 Å². The molecular formula is C14H11N3O2. The van der Waals surface area contributed by atoms with Gasteiger partial charge in [0.1, 0.15) is 11.0 Å². The van der Waals surface area contributed by atoms with E-state index < -0.39 is 5.97 Å². The van der Waals surface area contributed by atoms with Crippen molar-refractivity contribution in [3.63, 3.8) is 0 Å². The van der Waals surface area contributed by atoms with Crippen LogP contribution in [0.3, 0.4) is 0 Å². The molecule has 0 atom stereocenters. The molecule has 0 aliphatic carbocycles. The second-order valence-electron chi connectivity index (χ2n) is 4.21. The molecule has 0 unspecified atom stereocenters. The van der Waals surface area contributed by atoms with Gasteiger partial charge in [0.15, 0.2) is 0 Å². The van der Waals surface area contributed by atoms with E-state index in [-0.39, 0.29) is 5.56 Å². The van der Waals surface area contributed by atoms with Crippen LogP contribution in [0.5, 0.6) is 0 Å². The number of carboxylic acids is 1. The minimum atomic E-state index is -0.970. The third kappa shape index (κ3) is 2.06. The number of carbonyl (C=O) groups is 1. The lowest BCUT2D eigenvalue weighted by Gasteiger charge is -2.04. The molecule has 0 saturated heterocycles. The third-order valence-electron chi connectivity index (χ3n) is 2.94. The van der Waals surface area contributed by atoms with E-state index in [0.717, 1.165) is 5.56 Å². The van der Waals surface area contributed by atoms with Gasteiger partial charge in [-0.3, -0.25) is 0 Å². The molecule has 0 aliphatic rings. The van der Waals surface area contributed by atoms with Gasteiger partial charge in [0.05, 0.1) is 12.1 Å². The number of aromatic nitrogens is 3. The molecule has 5 nitrogen and oxygen atoms in total. The lowest BCUT2D eigenvalue weighted by molar-refractivity contribution is 0.0698. The van der Waals surface area contributed by atoms with Gasteiger partial charge in [-0.25, -0.2) is 9.48 Å². The first-order chi connectivity index (χ1) is 9.25. The molecule has 0 amide bonds. The Morgan fingerprint density at radius 3 is 2.63 bits per heavy atom. The first kappa shape index (κ1) is 11.4. The molecule has 1 N–H and O–H groups in total. The smallest absolute Gasteiger partial charge is 0.337 e. The van der Waals surface area contributed by atoms with Crippen molar-refractivity contribution in [2.24, 2.45) is 0 Å². The number of fused-ring (bicyclic) bond motifs is 1. The van der Waals surface area contributed by atoms with Crippen molar-refractivity contribution in [2.75, 3.05) is 0 Å². The highest BCUT2D eigenvalue weighted by Gasteiger charge is 2.14. The lowest BCUT2D eigenvalue weighted by atomic mass is 10.1. The van der Waals surface area contributed by atoms with Gasteiger partial charge < -0.3 is 5.11 Å². The molecule has 0 radical (unpaired) electrons. The highest BCUT2D eigenvalue weighted by Crippen LogP contribution is 2.17. The molecule has 3 rings (SSSR count). The van der Waals surface area contributed by atoms with Crippen LogP contribution in [0, 0.1) is 0 Å². The van der Waals surface area contributed by atoms with Gasteiger partial charge >= 0.3 is 5.97 Å². The number of hydrogen-bond donors (Lipinski definition) is 1. The molecular weight excluding hydrogens is 242 g/mol. The molecule has 2 aromatic carbocycles. The van der Waals surface area contributed by atoms with E-state index in [1.165, 1.54) is 0 Å². The molecule has 0 fully saturated rings. The Hall–Kier alpha value is -2.69. The van der Waals surface area contributed by atoms with Gasteiger partial charge in [-0.2, -0.15) is 0 Å². The maximum Gasteiger partial charge on any atom is 0.337 e. The normalized spacial score (nSPS) is 10.7. The summed E-state index contributed by atoms with van der Waals surface area (Å²) in [6, 6.07) is 14.7. The third-order valence-corrected chi connectivity index (χ3v) is 2.94. The van der Waals surface area contributed by atoms with Crippen molar-refractivity contribution in [3.05, 3.63) is 59.7 Å². The van der Waals surface area contributed by atoms with E-state index in [1.807, 2.05) is 30.3 Å². The first-order valence-corrected chi connectivity index (χ1v) is 5.85. The van der Waals surface area contributed by atoms with E-state index in [9.17, 15) is 9.90 Å². The summed E-state index contributed by atoms with van der Waals surface area (Å²) >= 11 is 0. The lowest BCUT2D eigenvalue weighted by Crippen LogP contribution is -2.06. The molecule has 0 bridgehead atoms. The molecule has 0 saturated carbocycles. The van der Waals surface area contributed by atoms with Crippen LogP contribution >= 0.6 is 0 Å². The van der Waals surface area contributed by atoms with Crippen LogP contribution in [0.4, 0.5) is 0 Å². The highest BCUT2D eigenvalue weighted by molar-refractivity contribution is 6.00. The van der Waals surface area contributed by atoms with Crippen molar-refractivity contribution < 1.29 is 9.90 Å². The van der Waals surface area contributed by atoms with Gasteiger partial charge in [-0.15, -0.1) is 5.10 Å². The molecule has 1 heterocycles. The zero-order valence-corrected chi connectivity index (χ0v) is 10.0. The Morgan fingerprint density at radius 2 is 1.89 bits per heavy atom. The van der Waals surface area contributed by atoms with Crippen LogP contribution in [0.2, 0.25) is 0 Å². The number of aromatic carboxylic acids is 1. The first-order valence-electron chi connectivity index (χ1n) is 5.85. The summed E-state index contributed by atoms with van der Waals surface area (Å²) in [6.45, 7) is 0.502. The van der Waals surface area contributed by atoms with Crippen molar-refractivity contribution in [3.8, 4) is 0 Å². The fraction of sp³-hybridized carbons (Fsp3) is 0.0714. The Bertz CT molecular complexity index is 735. The number of nitrogens with zero attached hydrogens (tertiary/aromatic N) is 3. The van der Waals surface area contributed by atoms with E-state index >= 15 is 0 Å². The minimum absolute atomic E-state index is 0.221. The van der Waals surface area contributed by atoms with E-state index in [4.69, 9.17) is 0 Å². The highest BCUT2D eigenvalue weighted by atomic mass is 16.4. The predicted molar refractivity (Wildman–Crippen MR) is 70.0 cm³/mol. The van der Waals surface area contributed by atoms with Gasteiger partial charge in [0.2, 0.25) is 0 Å². The summed E-state index contributed by atoms with van der Waals surface area (Å²) in [7, 11) is 0. The topological polar surface area (TPSA) is 68.0 Å². The van der Waals surface area contributed by atoms with Crippen LogP contribution in [0.15, 0.2) is 48.5 Å². The summed E-state index contributed by atoms with van der Waals surface area (Å²) in [5.41, 5.74) is 2.42. The van der Waals surface area contributed by atoms with Crippen LogP contribution in [-0.4, -0.2) is 26.1 Å². The Kier molecular flexibility index (Phi) is 2.72. The van der Waals surface area contributed by atoms with Gasteiger partial charge in [0, 0.05) is 0 Å². The fourth-order valence-corrected chi connectivity index (χ4v) is 2.07. The van der Waals surface area contributed by atoms with E-state index in [0.29, 0.717) is 17.6 Å². The summed E-state index contributed by atoms with van der Waals surface area (Å²) in [5.74, 6) is -0.970. The van der Waals surface area contributed by atoms with Gasteiger partial charge in [0.25, 0.3) is 0 Å². The Labute approximate surface area is 109 Å². The molecule has 19 heavy (non-hydrogen) atoms. The molecule has 0 aliphatic heterocycles. The van der Waals surface area contributed by atoms with Crippen LogP contribution in [0.1, 0.15) is 15.9 Å². The monoisotopic (exact) mass is 253 g/mol. The summed E-state index contributed by atoms with van der Waals surface area (Å²) in [5, 5.41) is 17.3. The largest absolute Gasteiger partial charge is 0.478 e. The van der Waals surface area contributed by atoms with Gasteiger partial charge in [-0.1, -0.05) is 41.6 Å². The second-order valence-corrected chi connectivity index (χ2v) is 4.21. The molecule has 94 valence electrons. The predicted octanol–water partition coefficient (Wildman–Crippen LogP) is 2.18. The fourth-order valence-electron chi connectivity index (χ4n) is 2.07. The molecule has 5 heteroatoms. The number of hydrogen-bond acceptors (Lipinski definition) is 3. The molecule has 0 spiro atoms. The standard InChI is InChI=1S/C14H11N3O2/c18-14(19)11-7-4-8-12-13(11)17(16-15-12)9-10-5-2-1-3-6-10/h1-8H,9H2,(H,18,19). The average molecular weight is 253 g/mol. The quantitative estimate of drug-likeness (QED) is 0.776. The second kappa shape index (κ2) is 4.53. The zero-order valence-electron chi connectivity index (χ0n) is 10.0. The number of benzene rings is 2. The average Bonchev–Trinajstić information content (AvgIpc) is 2.83. The molecule has 1 aromatic heterocycles. The van der Waals surface area contributed by atoms with Crippen molar-refractivity contribution in [2.45, 2.75) is 6.54 Å². The van der Waals surface area contributed by atoms with E-state index in [2.05, 4.69) is 10.3 Å². The summed E-state index contributed by atoms with van der Waals surface area (Å²) in [4.78, 5) is 11.2. The Balaban J connectivity index is 2.12. The number of para-hydroxylation sites is 1. The number of rotatable bonds is 3. The molecule has 3 aromatic rings. The maximum absolute atomic E-state index is 11.2. The van der Waals surface area contributed by atoms with Crippen molar-refractivity contribution >= 4 is 17.0 Å². The van der Waals surface area contributed by atoms with Crippen LogP contribution in [-0.2, 0) is 6.54 Å². The SMILES string of the molecule is O=C(O)c1cccc2nnn(Cc3ccccc3)c12. The van der Waals surface area contributed by atoms with Gasteiger partial charge in [-0.05, 0) is 17.7 Å². The Morgan fingerprint density at radius 1 is 1.11 bits per heavy atom.